The Kier molecular flexibility index (Phi) is 3.09. The van der Waals surface area contributed by atoms with Gasteiger partial charge in [-0.3, -0.25) is 0 Å². The standard InChI is InChI=1S/C10H15NO/c1-8-7-10(9(2)11-8)5-3-4-6-12/h6-7,11H,3-5H2,1-2H3. The van der Waals surface area contributed by atoms with Gasteiger partial charge in [-0.1, -0.05) is 0 Å². The van der Waals surface area contributed by atoms with E-state index in [1.807, 2.05) is 0 Å². The summed E-state index contributed by atoms with van der Waals surface area (Å²) < 4.78 is 0. The molecule has 0 amide bonds. The van der Waals surface area contributed by atoms with Crippen LogP contribution in [-0.2, 0) is 11.2 Å². The highest BCUT2D eigenvalue weighted by atomic mass is 16.1. The fourth-order valence-corrected chi connectivity index (χ4v) is 1.42. The number of H-pyrrole nitrogens is 1. The lowest BCUT2D eigenvalue weighted by Gasteiger charge is -1.95. The lowest BCUT2D eigenvalue weighted by molar-refractivity contribution is -0.107. The number of nitrogens with one attached hydrogen (secondary N) is 1. The van der Waals surface area contributed by atoms with E-state index in [9.17, 15) is 4.79 Å². The molecule has 0 bridgehead atoms. The summed E-state index contributed by atoms with van der Waals surface area (Å²) in [4.78, 5) is 13.3. The second kappa shape index (κ2) is 4.10. The van der Waals surface area contributed by atoms with E-state index in [2.05, 4.69) is 24.9 Å². The Morgan fingerprint density at radius 3 is 2.75 bits per heavy atom. The maximum absolute atomic E-state index is 10.1. The van der Waals surface area contributed by atoms with Gasteiger partial charge in [0.1, 0.15) is 6.29 Å². The molecule has 1 aromatic heterocycles. The number of hydrogen-bond acceptors (Lipinski definition) is 1. The molecule has 1 heterocycles. The monoisotopic (exact) mass is 165 g/mol. The quantitative estimate of drug-likeness (QED) is 0.538. The topological polar surface area (TPSA) is 32.9 Å². The van der Waals surface area contributed by atoms with Crippen LogP contribution in [0.3, 0.4) is 0 Å². The van der Waals surface area contributed by atoms with E-state index in [0.717, 1.165) is 19.1 Å². The van der Waals surface area contributed by atoms with Crippen molar-refractivity contribution in [1.82, 2.24) is 4.98 Å². The molecule has 0 aromatic carbocycles. The number of carbonyl (C=O) groups excluding carboxylic acids is 1. The van der Waals surface area contributed by atoms with Crippen molar-refractivity contribution in [3.63, 3.8) is 0 Å². The minimum atomic E-state index is 0.670. The van der Waals surface area contributed by atoms with Crippen LogP contribution in [0.1, 0.15) is 29.8 Å². The zero-order valence-corrected chi connectivity index (χ0v) is 7.68. The normalized spacial score (nSPS) is 10.2. The van der Waals surface area contributed by atoms with Crippen LogP contribution in [0.2, 0.25) is 0 Å². The summed E-state index contributed by atoms with van der Waals surface area (Å²) in [5, 5.41) is 0. The molecule has 66 valence electrons. The van der Waals surface area contributed by atoms with Crippen LogP contribution >= 0.6 is 0 Å². The van der Waals surface area contributed by atoms with Crippen LogP contribution in [0.15, 0.2) is 6.07 Å². The van der Waals surface area contributed by atoms with Crippen molar-refractivity contribution in [3.05, 3.63) is 23.0 Å². The Labute approximate surface area is 73.0 Å². The van der Waals surface area contributed by atoms with Crippen molar-refractivity contribution in [1.29, 1.82) is 0 Å². The molecule has 0 aliphatic heterocycles. The lowest BCUT2D eigenvalue weighted by atomic mass is 10.1. The zero-order valence-electron chi connectivity index (χ0n) is 7.68. The van der Waals surface area contributed by atoms with Crippen molar-refractivity contribution in [3.8, 4) is 0 Å². The van der Waals surface area contributed by atoms with Crippen LogP contribution in [0.4, 0.5) is 0 Å². The third-order valence-electron chi connectivity index (χ3n) is 2.03. The molecule has 0 aliphatic carbocycles. The summed E-state index contributed by atoms with van der Waals surface area (Å²) in [6.07, 6.45) is 3.62. The van der Waals surface area contributed by atoms with Gasteiger partial charge >= 0.3 is 0 Å². The molecule has 2 heteroatoms. The van der Waals surface area contributed by atoms with E-state index in [-0.39, 0.29) is 0 Å². The highest BCUT2D eigenvalue weighted by Gasteiger charge is 2.00. The van der Waals surface area contributed by atoms with Crippen molar-refractivity contribution < 1.29 is 4.79 Å². The molecule has 0 saturated carbocycles. The number of aromatic amines is 1. The van der Waals surface area contributed by atoms with Gasteiger partial charge in [0.05, 0.1) is 0 Å². The first-order valence-electron chi connectivity index (χ1n) is 4.32. The van der Waals surface area contributed by atoms with Crippen LogP contribution in [-0.4, -0.2) is 11.3 Å². The number of unbranched alkanes of at least 4 members (excludes halogenated alkanes) is 1. The minimum Gasteiger partial charge on any atom is -0.362 e. The lowest BCUT2D eigenvalue weighted by Crippen LogP contribution is -1.86. The summed E-state index contributed by atoms with van der Waals surface area (Å²) in [5.74, 6) is 0. The minimum absolute atomic E-state index is 0.670. The van der Waals surface area contributed by atoms with Gasteiger partial charge in [0.2, 0.25) is 0 Å². The predicted molar refractivity (Wildman–Crippen MR) is 49.3 cm³/mol. The predicted octanol–water partition coefficient (Wildman–Crippen LogP) is 2.15. The molecule has 0 fully saturated rings. The molecule has 2 nitrogen and oxygen atoms in total. The van der Waals surface area contributed by atoms with Gasteiger partial charge in [-0.15, -0.1) is 0 Å². The molecule has 12 heavy (non-hydrogen) atoms. The number of aromatic nitrogens is 1. The van der Waals surface area contributed by atoms with Crippen molar-refractivity contribution in [2.75, 3.05) is 0 Å². The Bertz CT molecular complexity index is 263. The molecule has 0 atom stereocenters. The molecule has 1 aromatic rings. The highest BCUT2D eigenvalue weighted by Crippen LogP contribution is 2.11. The SMILES string of the molecule is Cc1cc(CCCC=O)c(C)[nH]1. The Morgan fingerprint density at radius 2 is 2.25 bits per heavy atom. The molecular formula is C10H15NO. The number of rotatable bonds is 4. The molecule has 0 aliphatic rings. The number of aryl methyl sites for hydroxylation is 3. The Hall–Kier alpha value is -1.05. The summed E-state index contributed by atoms with van der Waals surface area (Å²) in [6, 6.07) is 2.15. The molecule has 0 spiro atoms. The van der Waals surface area contributed by atoms with Crippen molar-refractivity contribution in [2.24, 2.45) is 0 Å². The first-order valence-corrected chi connectivity index (χ1v) is 4.32. The molecule has 0 radical (unpaired) electrons. The fourth-order valence-electron chi connectivity index (χ4n) is 1.42. The summed E-state index contributed by atoms with van der Waals surface area (Å²) >= 11 is 0. The van der Waals surface area contributed by atoms with E-state index in [4.69, 9.17) is 0 Å². The van der Waals surface area contributed by atoms with Crippen molar-refractivity contribution >= 4 is 6.29 Å². The van der Waals surface area contributed by atoms with Crippen molar-refractivity contribution in [2.45, 2.75) is 33.1 Å². The van der Waals surface area contributed by atoms with Gasteiger partial charge in [0.25, 0.3) is 0 Å². The average Bonchev–Trinajstić information content (AvgIpc) is 2.31. The largest absolute Gasteiger partial charge is 0.362 e. The van der Waals surface area contributed by atoms with E-state index in [0.29, 0.717) is 6.42 Å². The molecule has 1 rings (SSSR count). The molecular weight excluding hydrogens is 150 g/mol. The second-order valence-corrected chi connectivity index (χ2v) is 3.16. The van der Waals surface area contributed by atoms with Gasteiger partial charge in [-0.25, -0.2) is 0 Å². The van der Waals surface area contributed by atoms with Gasteiger partial charge in [-0.05, 0) is 38.3 Å². The molecule has 0 saturated heterocycles. The third-order valence-corrected chi connectivity index (χ3v) is 2.03. The zero-order chi connectivity index (χ0) is 8.97. The second-order valence-electron chi connectivity index (χ2n) is 3.16. The van der Waals surface area contributed by atoms with Gasteiger partial charge < -0.3 is 9.78 Å². The maximum Gasteiger partial charge on any atom is 0.120 e. The first kappa shape index (κ1) is 9.04. The number of carbonyl (C=O) groups is 1. The van der Waals surface area contributed by atoms with Crippen LogP contribution < -0.4 is 0 Å². The number of aldehydes is 1. The summed E-state index contributed by atoms with van der Waals surface area (Å²) in [5.41, 5.74) is 3.78. The van der Waals surface area contributed by atoms with E-state index in [1.165, 1.54) is 17.0 Å². The van der Waals surface area contributed by atoms with Crippen LogP contribution in [0.5, 0.6) is 0 Å². The molecule has 0 unspecified atom stereocenters. The Morgan fingerprint density at radius 1 is 1.50 bits per heavy atom. The summed E-state index contributed by atoms with van der Waals surface area (Å²) in [6.45, 7) is 4.12. The number of hydrogen-bond donors (Lipinski definition) is 1. The van der Waals surface area contributed by atoms with Gasteiger partial charge in [0.15, 0.2) is 0 Å². The van der Waals surface area contributed by atoms with Crippen LogP contribution in [0.25, 0.3) is 0 Å². The van der Waals surface area contributed by atoms with Gasteiger partial charge in [0, 0.05) is 17.8 Å². The average molecular weight is 165 g/mol. The van der Waals surface area contributed by atoms with E-state index >= 15 is 0 Å². The highest BCUT2D eigenvalue weighted by molar-refractivity contribution is 5.49. The fraction of sp³-hybridized carbons (Fsp3) is 0.500. The van der Waals surface area contributed by atoms with Gasteiger partial charge in [-0.2, -0.15) is 0 Å². The van der Waals surface area contributed by atoms with Crippen LogP contribution in [0, 0.1) is 13.8 Å². The molecule has 1 N–H and O–H groups in total. The van der Waals surface area contributed by atoms with E-state index in [1.54, 1.807) is 0 Å². The van der Waals surface area contributed by atoms with E-state index < -0.39 is 0 Å². The smallest absolute Gasteiger partial charge is 0.120 e. The first-order chi connectivity index (χ1) is 5.74. The third kappa shape index (κ3) is 2.22. The maximum atomic E-state index is 10.1. The summed E-state index contributed by atoms with van der Waals surface area (Å²) in [7, 11) is 0. The Balaban J connectivity index is 2.50.